The molecular weight excluding hydrogens is 178 g/mol. The van der Waals surface area contributed by atoms with Gasteiger partial charge in [-0.05, 0) is 19.1 Å². The molecule has 0 aromatic carbocycles. The predicted molar refractivity (Wildman–Crippen MR) is 54.0 cm³/mol. The van der Waals surface area contributed by atoms with Crippen molar-refractivity contribution in [2.24, 2.45) is 0 Å². The minimum absolute atomic E-state index is 0.517. The van der Waals surface area contributed by atoms with Crippen LogP contribution in [0.4, 0.5) is 6.01 Å². The minimum Gasteiger partial charge on any atom is -0.428 e. The molecule has 0 aliphatic carbocycles. The van der Waals surface area contributed by atoms with E-state index in [1.54, 1.807) is 13.2 Å². The lowest BCUT2D eigenvalue weighted by atomic mass is 10.2. The normalized spacial score (nSPS) is 10.1. The van der Waals surface area contributed by atoms with Gasteiger partial charge in [-0.1, -0.05) is 6.07 Å². The fourth-order valence-electron chi connectivity index (χ4n) is 1.24. The number of aromatic nitrogens is 2. The van der Waals surface area contributed by atoms with Crippen LogP contribution in [0.25, 0.3) is 11.4 Å². The maximum atomic E-state index is 5.36. The number of nitrogens with zero attached hydrogens (tertiary/aromatic N) is 2. The molecule has 0 fully saturated rings. The molecule has 0 spiro atoms. The third-order valence-corrected chi connectivity index (χ3v) is 1.92. The number of anilines is 1. The quantitative estimate of drug-likeness (QED) is 0.785. The molecule has 0 saturated carbocycles. The molecular formula is C10H11N3O. The topological polar surface area (TPSA) is 51.0 Å². The average molecular weight is 189 g/mol. The highest BCUT2D eigenvalue weighted by molar-refractivity contribution is 5.57. The smallest absolute Gasteiger partial charge is 0.295 e. The molecule has 2 aromatic rings. The van der Waals surface area contributed by atoms with Crippen molar-refractivity contribution in [3.63, 3.8) is 0 Å². The molecule has 0 aliphatic heterocycles. The molecule has 4 heteroatoms. The number of hydrogen-bond acceptors (Lipinski definition) is 4. The lowest BCUT2D eigenvalue weighted by molar-refractivity contribution is 0.544. The first-order chi connectivity index (χ1) is 6.81. The predicted octanol–water partition coefficient (Wildman–Crippen LogP) is 2.09. The van der Waals surface area contributed by atoms with Crippen LogP contribution in [-0.2, 0) is 0 Å². The van der Waals surface area contributed by atoms with Gasteiger partial charge >= 0.3 is 0 Å². The van der Waals surface area contributed by atoms with Gasteiger partial charge in [0.15, 0.2) is 0 Å². The number of oxazole rings is 1. The van der Waals surface area contributed by atoms with Crippen LogP contribution in [0.1, 0.15) is 5.76 Å². The second kappa shape index (κ2) is 3.49. The van der Waals surface area contributed by atoms with Crippen LogP contribution in [0.3, 0.4) is 0 Å². The van der Waals surface area contributed by atoms with E-state index in [0.29, 0.717) is 6.01 Å². The van der Waals surface area contributed by atoms with Crippen LogP contribution < -0.4 is 5.32 Å². The van der Waals surface area contributed by atoms with E-state index in [-0.39, 0.29) is 0 Å². The first-order valence-electron chi connectivity index (χ1n) is 4.38. The van der Waals surface area contributed by atoms with E-state index in [1.165, 1.54) is 0 Å². The Balaban J connectivity index is 2.46. The molecule has 0 atom stereocenters. The van der Waals surface area contributed by atoms with Crippen molar-refractivity contribution < 1.29 is 4.42 Å². The molecule has 0 unspecified atom stereocenters. The van der Waals surface area contributed by atoms with Gasteiger partial charge in [0.1, 0.15) is 11.5 Å². The summed E-state index contributed by atoms with van der Waals surface area (Å²) in [5, 5.41) is 2.85. The average Bonchev–Trinajstić information content (AvgIpc) is 2.61. The molecule has 0 bridgehead atoms. The van der Waals surface area contributed by atoms with Gasteiger partial charge in [0.25, 0.3) is 6.01 Å². The Morgan fingerprint density at radius 3 is 2.79 bits per heavy atom. The van der Waals surface area contributed by atoms with E-state index in [9.17, 15) is 0 Å². The largest absolute Gasteiger partial charge is 0.428 e. The zero-order chi connectivity index (χ0) is 9.97. The van der Waals surface area contributed by atoms with Crippen LogP contribution in [-0.4, -0.2) is 17.0 Å². The second-order valence-electron chi connectivity index (χ2n) is 2.89. The molecule has 0 saturated heterocycles. The molecule has 14 heavy (non-hydrogen) atoms. The van der Waals surface area contributed by atoms with Crippen molar-refractivity contribution in [2.45, 2.75) is 6.92 Å². The SMILES string of the molecule is CNc1nc(-c2ccccn2)c(C)o1. The summed E-state index contributed by atoms with van der Waals surface area (Å²) in [5.41, 5.74) is 1.62. The summed E-state index contributed by atoms with van der Waals surface area (Å²) in [5.74, 6) is 0.771. The van der Waals surface area contributed by atoms with E-state index in [2.05, 4.69) is 15.3 Å². The molecule has 1 N–H and O–H groups in total. The Morgan fingerprint density at radius 1 is 1.36 bits per heavy atom. The van der Waals surface area contributed by atoms with Crippen LogP contribution in [0.15, 0.2) is 28.8 Å². The van der Waals surface area contributed by atoms with Gasteiger partial charge in [-0.15, -0.1) is 0 Å². The van der Waals surface area contributed by atoms with Gasteiger partial charge in [0.05, 0.1) is 5.69 Å². The van der Waals surface area contributed by atoms with E-state index in [1.807, 2.05) is 25.1 Å². The van der Waals surface area contributed by atoms with E-state index in [4.69, 9.17) is 4.42 Å². The van der Waals surface area contributed by atoms with Crippen molar-refractivity contribution in [2.75, 3.05) is 12.4 Å². The first kappa shape index (κ1) is 8.74. The van der Waals surface area contributed by atoms with Crippen molar-refractivity contribution in [3.8, 4) is 11.4 Å². The highest BCUT2D eigenvalue weighted by atomic mass is 16.4. The number of pyridine rings is 1. The van der Waals surface area contributed by atoms with Crippen LogP contribution in [0, 0.1) is 6.92 Å². The first-order valence-corrected chi connectivity index (χ1v) is 4.38. The van der Waals surface area contributed by atoms with Crippen molar-refractivity contribution in [3.05, 3.63) is 30.2 Å². The lowest BCUT2D eigenvalue weighted by Crippen LogP contribution is -1.87. The molecule has 0 aliphatic rings. The highest BCUT2D eigenvalue weighted by Crippen LogP contribution is 2.22. The second-order valence-corrected chi connectivity index (χ2v) is 2.89. The fraction of sp³-hybridized carbons (Fsp3) is 0.200. The summed E-state index contributed by atoms with van der Waals surface area (Å²) in [6, 6.07) is 6.22. The Morgan fingerprint density at radius 2 is 2.21 bits per heavy atom. The van der Waals surface area contributed by atoms with E-state index in [0.717, 1.165) is 17.1 Å². The minimum atomic E-state index is 0.517. The maximum absolute atomic E-state index is 5.36. The van der Waals surface area contributed by atoms with E-state index >= 15 is 0 Å². The third kappa shape index (κ3) is 1.46. The molecule has 4 nitrogen and oxygen atoms in total. The number of rotatable bonds is 2. The molecule has 2 rings (SSSR count). The summed E-state index contributed by atoms with van der Waals surface area (Å²) in [7, 11) is 1.77. The van der Waals surface area contributed by atoms with Gasteiger partial charge in [-0.25, -0.2) is 0 Å². The van der Waals surface area contributed by atoms with Crippen molar-refractivity contribution >= 4 is 6.01 Å². The summed E-state index contributed by atoms with van der Waals surface area (Å²) in [6.45, 7) is 1.87. The molecule has 0 radical (unpaired) electrons. The maximum Gasteiger partial charge on any atom is 0.295 e. The number of hydrogen-bond donors (Lipinski definition) is 1. The monoisotopic (exact) mass is 189 g/mol. The van der Waals surface area contributed by atoms with Gasteiger partial charge in [0.2, 0.25) is 0 Å². The summed E-state index contributed by atoms with van der Waals surface area (Å²) in [6.07, 6.45) is 1.74. The van der Waals surface area contributed by atoms with Gasteiger partial charge in [-0.3, -0.25) is 4.98 Å². The van der Waals surface area contributed by atoms with Crippen LogP contribution in [0.2, 0.25) is 0 Å². The summed E-state index contributed by atoms with van der Waals surface area (Å²) in [4.78, 5) is 8.47. The third-order valence-electron chi connectivity index (χ3n) is 1.92. The Kier molecular flexibility index (Phi) is 2.18. The molecule has 72 valence electrons. The van der Waals surface area contributed by atoms with E-state index < -0.39 is 0 Å². The van der Waals surface area contributed by atoms with Crippen molar-refractivity contribution in [1.29, 1.82) is 0 Å². The molecule has 2 aromatic heterocycles. The fourth-order valence-corrected chi connectivity index (χ4v) is 1.24. The van der Waals surface area contributed by atoms with Gasteiger partial charge in [0, 0.05) is 13.2 Å². The Hall–Kier alpha value is -1.84. The zero-order valence-corrected chi connectivity index (χ0v) is 8.11. The summed E-state index contributed by atoms with van der Waals surface area (Å²) < 4.78 is 5.36. The van der Waals surface area contributed by atoms with Crippen LogP contribution in [0.5, 0.6) is 0 Å². The van der Waals surface area contributed by atoms with Gasteiger partial charge < -0.3 is 9.73 Å². The molecule has 0 amide bonds. The highest BCUT2D eigenvalue weighted by Gasteiger charge is 2.10. The van der Waals surface area contributed by atoms with Crippen LogP contribution >= 0.6 is 0 Å². The zero-order valence-electron chi connectivity index (χ0n) is 8.11. The number of aryl methyl sites for hydroxylation is 1. The van der Waals surface area contributed by atoms with Crippen molar-refractivity contribution in [1.82, 2.24) is 9.97 Å². The Bertz CT molecular complexity index is 422. The van der Waals surface area contributed by atoms with Gasteiger partial charge in [-0.2, -0.15) is 4.98 Å². The lowest BCUT2D eigenvalue weighted by Gasteiger charge is -1.93. The standard InChI is InChI=1S/C10H11N3O/c1-7-9(13-10(11-2)14-7)8-5-3-4-6-12-8/h3-6H,1-2H3,(H,11,13). The molecule has 2 heterocycles. The number of nitrogens with one attached hydrogen (secondary N) is 1. The Labute approximate surface area is 82.0 Å². The summed E-state index contributed by atoms with van der Waals surface area (Å²) >= 11 is 0.